The van der Waals surface area contributed by atoms with E-state index in [0.29, 0.717) is 12.3 Å². The summed E-state index contributed by atoms with van der Waals surface area (Å²) in [5.74, 6) is -0.567. The molecule has 2 atom stereocenters. The molecule has 4 rings (SSSR count). The van der Waals surface area contributed by atoms with Crippen LogP contribution in [0.3, 0.4) is 0 Å². The van der Waals surface area contributed by atoms with Crippen molar-refractivity contribution in [2.24, 2.45) is 0 Å². The smallest absolute Gasteiger partial charge is 0.274 e. The molecule has 6 nitrogen and oxygen atoms in total. The number of halogens is 1. The Morgan fingerprint density at radius 3 is 3.00 bits per heavy atom. The molecule has 2 heterocycles. The second-order valence-electron chi connectivity index (χ2n) is 6.11. The number of nitrogens with one attached hydrogen (secondary N) is 1. The molecule has 1 saturated heterocycles. The fraction of sp³-hybridized carbons (Fsp3) is 0.438. The fourth-order valence-electron chi connectivity index (χ4n) is 3.51. The maximum atomic E-state index is 13.0. The highest BCUT2D eigenvalue weighted by molar-refractivity contribution is 5.92. The lowest BCUT2D eigenvalue weighted by Crippen LogP contribution is -2.51. The number of rotatable bonds is 3. The minimum Gasteiger partial charge on any atom is -0.376 e. The zero-order valence-electron chi connectivity index (χ0n) is 12.5. The average molecular weight is 316 g/mol. The van der Waals surface area contributed by atoms with Gasteiger partial charge in [0.15, 0.2) is 5.69 Å². The lowest BCUT2D eigenvalue weighted by Gasteiger charge is -2.28. The summed E-state index contributed by atoms with van der Waals surface area (Å²) in [5, 5.41) is 11.4. The van der Waals surface area contributed by atoms with Crippen LogP contribution in [-0.2, 0) is 4.74 Å². The van der Waals surface area contributed by atoms with E-state index < -0.39 is 0 Å². The van der Waals surface area contributed by atoms with Gasteiger partial charge < -0.3 is 10.1 Å². The third kappa shape index (κ3) is 2.50. The molecule has 1 aliphatic carbocycles. The molecule has 0 radical (unpaired) electrons. The van der Waals surface area contributed by atoms with Crippen molar-refractivity contribution in [1.82, 2.24) is 20.3 Å². The molecule has 1 amide bonds. The van der Waals surface area contributed by atoms with Gasteiger partial charge in [-0.3, -0.25) is 4.79 Å². The first kappa shape index (κ1) is 14.3. The molecule has 0 unspecified atom stereocenters. The van der Waals surface area contributed by atoms with Gasteiger partial charge in [-0.05, 0) is 49.9 Å². The molecule has 23 heavy (non-hydrogen) atoms. The number of amides is 1. The number of aromatic nitrogens is 3. The van der Waals surface area contributed by atoms with Crippen LogP contribution in [0.4, 0.5) is 4.39 Å². The summed E-state index contributed by atoms with van der Waals surface area (Å²) < 4.78 is 18.7. The average Bonchev–Trinajstić information content (AvgIpc) is 3.22. The molecular formula is C16H17FN4O2. The van der Waals surface area contributed by atoms with Gasteiger partial charge in [0, 0.05) is 6.61 Å². The first-order valence-electron chi connectivity index (χ1n) is 7.79. The predicted octanol–water partition coefficient (Wildman–Crippen LogP) is 1.85. The predicted molar refractivity (Wildman–Crippen MR) is 79.7 cm³/mol. The molecule has 0 spiro atoms. The molecular weight excluding hydrogens is 299 g/mol. The Kier molecular flexibility index (Phi) is 3.37. The van der Waals surface area contributed by atoms with Gasteiger partial charge in [-0.25, -0.2) is 4.39 Å². The van der Waals surface area contributed by atoms with E-state index in [4.69, 9.17) is 4.74 Å². The molecule has 120 valence electrons. The Morgan fingerprint density at radius 1 is 1.35 bits per heavy atom. The summed E-state index contributed by atoms with van der Waals surface area (Å²) in [4.78, 5) is 13.8. The highest BCUT2D eigenvalue weighted by atomic mass is 19.1. The van der Waals surface area contributed by atoms with E-state index in [-0.39, 0.29) is 29.1 Å². The summed E-state index contributed by atoms with van der Waals surface area (Å²) in [6, 6.07) is 5.79. The van der Waals surface area contributed by atoms with Gasteiger partial charge >= 0.3 is 0 Å². The van der Waals surface area contributed by atoms with Crippen LogP contribution < -0.4 is 5.32 Å². The van der Waals surface area contributed by atoms with Crippen molar-refractivity contribution >= 4 is 5.91 Å². The summed E-state index contributed by atoms with van der Waals surface area (Å²) in [7, 11) is 0. The standard InChI is InChI=1S/C16H17FN4O2/c17-11-3-5-12(6-4-11)21-18-10-13(20-21)15(22)19-16-7-1-2-14(16)23-9-8-16/h3-6,10,14H,1-2,7-9H2,(H,19,22)/t14-,16+/m1/s1. The monoisotopic (exact) mass is 316 g/mol. The van der Waals surface area contributed by atoms with Gasteiger partial charge in [-0.1, -0.05) is 0 Å². The third-order valence-corrected chi connectivity index (χ3v) is 4.72. The summed E-state index contributed by atoms with van der Waals surface area (Å²) in [5.41, 5.74) is 0.601. The minimum atomic E-state index is -0.327. The zero-order valence-corrected chi connectivity index (χ0v) is 12.5. The van der Waals surface area contributed by atoms with Gasteiger partial charge in [0.1, 0.15) is 5.82 Å². The number of nitrogens with zero attached hydrogens (tertiary/aromatic N) is 3. The van der Waals surface area contributed by atoms with E-state index in [2.05, 4.69) is 15.5 Å². The van der Waals surface area contributed by atoms with Crippen molar-refractivity contribution < 1.29 is 13.9 Å². The highest BCUT2D eigenvalue weighted by Crippen LogP contribution is 2.39. The Labute approximate surface area is 132 Å². The van der Waals surface area contributed by atoms with Crippen LogP contribution in [0.5, 0.6) is 0 Å². The zero-order chi connectivity index (χ0) is 15.9. The molecule has 1 aliphatic heterocycles. The topological polar surface area (TPSA) is 69.0 Å². The first-order chi connectivity index (χ1) is 11.2. The van der Waals surface area contributed by atoms with Crippen LogP contribution in [0, 0.1) is 5.82 Å². The molecule has 1 aromatic heterocycles. The maximum absolute atomic E-state index is 13.0. The van der Waals surface area contributed by atoms with Crippen LogP contribution in [-0.4, -0.2) is 39.2 Å². The molecule has 2 fully saturated rings. The summed E-state index contributed by atoms with van der Waals surface area (Å²) >= 11 is 0. The highest BCUT2D eigenvalue weighted by Gasteiger charge is 2.48. The van der Waals surface area contributed by atoms with Gasteiger partial charge in [-0.15, -0.1) is 5.10 Å². The van der Waals surface area contributed by atoms with Crippen LogP contribution in [0.15, 0.2) is 30.5 Å². The van der Waals surface area contributed by atoms with Crippen molar-refractivity contribution in [2.45, 2.75) is 37.3 Å². The summed E-state index contributed by atoms with van der Waals surface area (Å²) in [6.45, 7) is 0.688. The van der Waals surface area contributed by atoms with Crippen LogP contribution in [0.1, 0.15) is 36.2 Å². The Morgan fingerprint density at radius 2 is 2.17 bits per heavy atom. The number of hydrogen-bond acceptors (Lipinski definition) is 4. The molecule has 2 aromatic rings. The lowest BCUT2D eigenvalue weighted by atomic mass is 9.93. The van der Waals surface area contributed by atoms with Gasteiger partial charge in [0.05, 0.1) is 23.5 Å². The number of ether oxygens (including phenoxy) is 1. The molecule has 1 N–H and O–H groups in total. The lowest BCUT2D eigenvalue weighted by molar-refractivity contribution is 0.0714. The SMILES string of the molecule is O=C(N[C@]12CCC[C@H]1OCC2)c1cnn(-c2ccc(F)cc2)n1. The van der Waals surface area contributed by atoms with Crippen molar-refractivity contribution in [1.29, 1.82) is 0 Å². The third-order valence-electron chi connectivity index (χ3n) is 4.72. The van der Waals surface area contributed by atoms with Gasteiger partial charge in [0.25, 0.3) is 5.91 Å². The van der Waals surface area contributed by atoms with E-state index in [9.17, 15) is 9.18 Å². The molecule has 0 bridgehead atoms. The molecule has 1 saturated carbocycles. The maximum Gasteiger partial charge on any atom is 0.274 e. The fourth-order valence-corrected chi connectivity index (χ4v) is 3.51. The normalized spacial score (nSPS) is 26.2. The van der Waals surface area contributed by atoms with Crippen LogP contribution in [0.2, 0.25) is 0 Å². The van der Waals surface area contributed by atoms with E-state index >= 15 is 0 Å². The quantitative estimate of drug-likeness (QED) is 0.938. The van der Waals surface area contributed by atoms with Crippen LogP contribution in [0.25, 0.3) is 5.69 Å². The number of carbonyl (C=O) groups is 1. The number of fused-ring (bicyclic) bond motifs is 1. The van der Waals surface area contributed by atoms with Crippen molar-refractivity contribution in [3.63, 3.8) is 0 Å². The number of carbonyl (C=O) groups excluding carboxylic acids is 1. The van der Waals surface area contributed by atoms with Gasteiger partial charge in [-0.2, -0.15) is 9.90 Å². The minimum absolute atomic E-state index is 0.110. The molecule has 2 aliphatic rings. The molecule has 1 aromatic carbocycles. The Hall–Kier alpha value is -2.28. The van der Waals surface area contributed by atoms with E-state index in [1.807, 2.05) is 0 Å². The largest absolute Gasteiger partial charge is 0.376 e. The second-order valence-corrected chi connectivity index (χ2v) is 6.11. The number of hydrogen-bond donors (Lipinski definition) is 1. The van der Waals surface area contributed by atoms with Crippen molar-refractivity contribution in [3.8, 4) is 5.69 Å². The molecule has 7 heteroatoms. The Bertz CT molecular complexity index is 718. The first-order valence-corrected chi connectivity index (χ1v) is 7.79. The van der Waals surface area contributed by atoms with Crippen molar-refractivity contribution in [3.05, 3.63) is 42.0 Å². The van der Waals surface area contributed by atoms with Gasteiger partial charge in [0.2, 0.25) is 0 Å². The van der Waals surface area contributed by atoms with Crippen molar-refractivity contribution in [2.75, 3.05) is 6.61 Å². The van der Waals surface area contributed by atoms with E-state index in [0.717, 1.165) is 25.7 Å². The van der Waals surface area contributed by atoms with E-state index in [1.165, 1.54) is 23.1 Å². The van der Waals surface area contributed by atoms with Crippen LogP contribution >= 0.6 is 0 Å². The second kappa shape index (κ2) is 5.42. The number of benzene rings is 1. The van der Waals surface area contributed by atoms with E-state index in [1.54, 1.807) is 12.1 Å². The Balaban J connectivity index is 1.52. The summed E-state index contributed by atoms with van der Waals surface area (Å²) in [6.07, 6.45) is 5.37.